The SMILES string of the molecule is CC=C(C)C(=O)O.[Co]. The van der Waals surface area contributed by atoms with Gasteiger partial charge in [0, 0.05) is 22.4 Å². The van der Waals surface area contributed by atoms with Gasteiger partial charge in [0.2, 0.25) is 0 Å². The van der Waals surface area contributed by atoms with Gasteiger partial charge < -0.3 is 5.11 Å². The van der Waals surface area contributed by atoms with Crippen LogP contribution in [-0.4, -0.2) is 11.1 Å². The Bertz CT molecular complexity index is 107. The van der Waals surface area contributed by atoms with Gasteiger partial charge in [-0.05, 0) is 13.8 Å². The molecule has 0 aliphatic carbocycles. The number of rotatable bonds is 1. The molecule has 49 valence electrons. The van der Waals surface area contributed by atoms with Crippen LogP contribution in [0, 0.1) is 0 Å². The van der Waals surface area contributed by atoms with Gasteiger partial charge in [-0.25, -0.2) is 4.79 Å². The van der Waals surface area contributed by atoms with Crippen LogP contribution in [0.3, 0.4) is 0 Å². The number of allylic oxidation sites excluding steroid dienone is 1. The molecule has 0 saturated carbocycles. The normalized spacial score (nSPS) is 10.0. The molecule has 0 rings (SSSR count). The molecule has 0 unspecified atom stereocenters. The van der Waals surface area contributed by atoms with Crippen LogP contribution in [0.1, 0.15) is 13.8 Å². The summed E-state index contributed by atoms with van der Waals surface area (Å²) in [5.41, 5.74) is 0.389. The molecule has 2 nitrogen and oxygen atoms in total. The Morgan fingerprint density at radius 1 is 1.62 bits per heavy atom. The number of carboxylic acid groups (broad SMARTS) is 1. The van der Waals surface area contributed by atoms with Gasteiger partial charge in [-0.3, -0.25) is 0 Å². The van der Waals surface area contributed by atoms with Crippen molar-refractivity contribution in [2.75, 3.05) is 0 Å². The number of hydrogen-bond acceptors (Lipinski definition) is 1. The second-order valence-electron chi connectivity index (χ2n) is 1.28. The molecule has 0 saturated heterocycles. The van der Waals surface area contributed by atoms with Crippen molar-refractivity contribution in [3.8, 4) is 0 Å². The summed E-state index contributed by atoms with van der Waals surface area (Å²) < 4.78 is 0. The van der Waals surface area contributed by atoms with Crippen molar-refractivity contribution in [2.45, 2.75) is 13.8 Å². The van der Waals surface area contributed by atoms with E-state index in [2.05, 4.69) is 0 Å². The van der Waals surface area contributed by atoms with E-state index >= 15 is 0 Å². The van der Waals surface area contributed by atoms with Crippen LogP contribution >= 0.6 is 0 Å². The zero-order valence-electron chi connectivity index (χ0n) is 4.77. The third-order valence-corrected chi connectivity index (χ3v) is 0.770. The largest absolute Gasteiger partial charge is 0.478 e. The van der Waals surface area contributed by atoms with Gasteiger partial charge in [-0.15, -0.1) is 0 Å². The molecular weight excluding hydrogens is 151 g/mol. The average molecular weight is 159 g/mol. The standard InChI is InChI=1S/C5H8O2.Co/c1-3-4(2)5(6)7;/h3H,1-2H3,(H,6,7);. The summed E-state index contributed by atoms with van der Waals surface area (Å²) in [5.74, 6) is -0.845. The van der Waals surface area contributed by atoms with Crippen LogP contribution < -0.4 is 0 Å². The predicted molar refractivity (Wildman–Crippen MR) is 27.1 cm³/mol. The monoisotopic (exact) mass is 159 g/mol. The van der Waals surface area contributed by atoms with E-state index < -0.39 is 5.97 Å². The summed E-state index contributed by atoms with van der Waals surface area (Å²) in [4.78, 5) is 9.86. The van der Waals surface area contributed by atoms with Crippen molar-refractivity contribution in [3.05, 3.63) is 11.6 Å². The second kappa shape index (κ2) is 4.87. The molecule has 8 heavy (non-hydrogen) atoms. The van der Waals surface area contributed by atoms with Crippen LogP contribution in [0.5, 0.6) is 0 Å². The van der Waals surface area contributed by atoms with Gasteiger partial charge in [0.1, 0.15) is 0 Å². The van der Waals surface area contributed by atoms with Crippen LogP contribution in [0.15, 0.2) is 11.6 Å². The van der Waals surface area contributed by atoms with E-state index in [4.69, 9.17) is 5.11 Å². The second-order valence-corrected chi connectivity index (χ2v) is 1.28. The maximum absolute atomic E-state index is 9.86. The number of hydrogen-bond donors (Lipinski definition) is 1. The first kappa shape index (κ1) is 10.7. The van der Waals surface area contributed by atoms with Crippen molar-refractivity contribution < 1.29 is 26.7 Å². The van der Waals surface area contributed by atoms with Gasteiger partial charge in [0.25, 0.3) is 0 Å². The molecule has 0 atom stereocenters. The molecule has 3 heteroatoms. The minimum Gasteiger partial charge on any atom is -0.478 e. The van der Waals surface area contributed by atoms with E-state index in [-0.39, 0.29) is 16.8 Å². The maximum atomic E-state index is 9.86. The number of carbonyl (C=O) groups is 1. The van der Waals surface area contributed by atoms with E-state index in [9.17, 15) is 4.79 Å². The Morgan fingerprint density at radius 3 is 2.00 bits per heavy atom. The fourth-order valence-electron chi connectivity index (χ4n) is 0.123. The summed E-state index contributed by atoms with van der Waals surface area (Å²) in [7, 11) is 0. The fourth-order valence-corrected chi connectivity index (χ4v) is 0.123. The van der Waals surface area contributed by atoms with Crippen molar-refractivity contribution >= 4 is 5.97 Å². The molecule has 0 aliphatic rings. The first-order valence-electron chi connectivity index (χ1n) is 2.04. The first-order chi connectivity index (χ1) is 3.18. The number of aliphatic carboxylic acids is 1. The summed E-state index contributed by atoms with van der Waals surface area (Å²) >= 11 is 0. The van der Waals surface area contributed by atoms with Crippen molar-refractivity contribution in [3.63, 3.8) is 0 Å². The molecule has 0 aliphatic heterocycles. The smallest absolute Gasteiger partial charge is 0.330 e. The van der Waals surface area contributed by atoms with Crippen LogP contribution in [0.25, 0.3) is 0 Å². The molecule has 0 bridgehead atoms. The van der Waals surface area contributed by atoms with Crippen LogP contribution in [0.4, 0.5) is 0 Å². The molecule has 0 aromatic carbocycles. The maximum Gasteiger partial charge on any atom is 0.330 e. The predicted octanol–water partition coefficient (Wildman–Crippen LogP) is 1.03. The number of carboxylic acids is 1. The summed E-state index contributed by atoms with van der Waals surface area (Å²) in [6, 6.07) is 0. The summed E-state index contributed by atoms with van der Waals surface area (Å²) in [5, 5.41) is 8.11. The Hall–Kier alpha value is -0.284. The Balaban J connectivity index is 0. The van der Waals surface area contributed by atoms with Gasteiger partial charge in [-0.2, -0.15) is 0 Å². The summed E-state index contributed by atoms with van der Waals surface area (Å²) in [6.45, 7) is 3.26. The van der Waals surface area contributed by atoms with Crippen molar-refractivity contribution in [1.82, 2.24) is 0 Å². The van der Waals surface area contributed by atoms with Crippen LogP contribution in [0.2, 0.25) is 0 Å². The minimum atomic E-state index is -0.845. The zero-order valence-corrected chi connectivity index (χ0v) is 5.81. The Morgan fingerprint density at radius 2 is 2.00 bits per heavy atom. The van der Waals surface area contributed by atoms with Crippen molar-refractivity contribution in [2.24, 2.45) is 0 Å². The quantitative estimate of drug-likeness (QED) is 0.580. The molecule has 0 heterocycles. The summed E-state index contributed by atoms with van der Waals surface area (Å²) in [6.07, 6.45) is 1.56. The van der Waals surface area contributed by atoms with Crippen molar-refractivity contribution in [1.29, 1.82) is 0 Å². The minimum absolute atomic E-state index is 0. The molecule has 0 spiro atoms. The fraction of sp³-hybridized carbons (Fsp3) is 0.400. The van der Waals surface area contributed by atoms with E-state index in [0.29, 0.717) is 5.57 Å². The van der Waals surface area contributed by atoms with E-state index in [1.165, 1.54) is 0 Å². The Labute approximate surface area is 58.8 Å². The Kier molecular flexibility index (Phi) is 6.48. The van der Waals surface area contributed by atoms with Crippen LogP contribution in [-0.2, 0) is 21.6 Å². The van der Waals surface area contributed by atoms with E-state index in [1.807, 2.05) is 0 Å². The van der Waals surface area contributed by atoms with Gasteiger partial charge in [0.15, 0.2) is 0 Å². The molecule has 1 radical (unpaired) electrons. The molecule has 0 aromatic heterocycles. The zero-order chi connectivity index (χ0) is 5.86. The molecule has 0 fully saturated rings. The van der Waals surface area contributed by atoms with Gasteiger partial charge in [-0.1, -0.05) is 6.08 Å². The van der Waals surface area contributed by atoms with E-state index in [1.54, 1.807) is 19.9 Å². The third kappa shape index (κ3) is 3.89. The topological polar surface area (TPSA) is 37.3 Å². The van der Waals surface area contributed by atoms with Gasteiger partial charge in [0.05, 0.1) is 0 Å². The molecule has 0 amide bonds. The van der Waals surface area contributed by atoms with E-state index in [0.717, 1.165) is 0 Å². The molecule has 0 aromatic rings. The average Bonchev–Trinajstić information content (AvgIpc) is 1.65. The first-order valence-corrected chi connectivity index (χ1v) is 2.04. The third-order valence-electron chi connectivity index (χ3n) is 0.770. The molecule has 1 N–H and O–H groups in total. The van der Waals surface area contributed by atoms with Gasteiger partial charge >= 0.3 is 5.97 Å². The molecular formula is C5H8CoO2.